The van der Waals surface area contributed by atoms with Gasteiger partial charge in [-0.3, -0.25) is 4.98 Å². The summed E-state index contributed by atoms with van der Waals surface area (Å²) in [5, 5.41) is 0. The van der Waals surface area contributed by atoms with E-state index in [4.69, 9.17) is 4.74 Å². The zero-order chi connectivity index (χ0) is 9.80. The first kappa shape index (κ1) is 8.75. The molecule has 2 rings (SSSR count). The van der Waals surface area contributed by atoms with E-state index in [1.807, 2.05) is 30.3 Å². The second-order valence-electron chi connectivity index (χ2n) is 2.90. The molecule has 0 aliphatic carbocycles. The molecule has 1 radical (unpaired) electrons. The highest BCUT2D eigenvalue weighted by atomic mass is 16.5. The zero-order valence-corrected chi connectivity index (χ0v) is 7.90. The van der Waals surface area contributed by atoms with Gasteiger partial charge in [0.05, 0.1) is 13.3 Å². The molecule has 0 fully saturated rings. The number of nitrogens with zero attached hydrogens (tertiary/aromatic N) is 1. The van der Waals surface area contributed by atoms with Gasteiger partial charge in [0.25, 0.3) is 0 Å². The molecule has 0 amide bonds. The Morgan fingerprint density at radius 3 is 2.43 bits per heavy atom. The molecule has 0 unspecified atom stereocenters. The van der Waals surface area contributed by atoms with E-state index < -0.39 is 0 Å². The van der Waals surface area contributed by atoms with Gasteiger partial charge in [-0.2, -0.15) is 0 Å². The Kier molecular flexibility index (Phi) is 2.45. The Bertz CT molecular complexity index is 394. The first-order valence-corrected chi connectivity index (χ1v) is 4.36. The van der Waals surface area contributed by atoms with Crippen LogP contribution in [0.15, 0.2) is 42.6 Å². The van der Waals surface area contributed by atoms with Gasteiger partial charge in [-0.1, -0.05) is 18.2 Å². The lowest BCUT2D eigenvalue weighted by Gasteiger charge is -2.02. The predicted octanol–water partition coefficient (Wildman–Crippen LogP) is 2.56. The molecule has 0 aliphatic heterocycles. The average Bonchev–Trinajstić information content (AvgIpc) is 2.30. The normalized spacial score (nSPS) is 9.79. The van der Waals surface area contributed by atoms with Crippen LogP contribution in [0.25, 0.3) is 11.1 Å². The van der Waals surface area contributed by atoms with Crippen LogP contribution in [0, 0.1) is 6.20 Å². The van der Waals surface area contributed by atoms with E-state index in [1.165, 1.54) is 0 Å². The van der Waals surface area contributed by atoms with Gasteiger partial charge in [0.2, 0.25) is 0 Å². The maximum Gasteiger partial charge on any atom is 0.118 e. The number of methoxy groups -OCH3 is 1. The fourth-order valence-corrected chi connectivity index (χ4v) is 1.27. The highest BCUT2D eigenvalue weighted by molar-refractivity contribution is 5.62. The van der Waals surface area contributed by atoms with Gasteiger partial charge in [0.1, 0.15) is 5.75 Å². The quantitative estimate of drug-likeness (QED) is 0.715. The topological polar surface area (TPSA) is 22.1 Å². The Hall–Kier alpha value is -1.83. The lowest BCUT2D eigenvalue weighted by Crippen LogP contribution is -1.83. The summed E-state index contributed by atoms with van der Waals surface area (Å²) in [4.78, 5) is 3.95. The maximum absolute atomic E-state index is 5.08. The Morgan fingerprint density at radius 2 is 1.86 bits per heavy atom. The van der Waals surface area contributed by atoms with Crippen molar-refractivity contribution in [2.45, 2.75) is 0 Å². The highest BCUT2D eigenvalue weighted by Crippen LogP contribution is 2.20. The van der Waals surface area contributed by atoms with Gasteiger partial charge in [-0.05, 0) is 23.8 Å². The van der Waals surface area contributed by atoms with Gasteiger partial charge in [0, 0.05) is 11.8 Å². The molecule has 69 valence electrons. The molecule has 0 aliphatic rings. The SMILES string of the molecule is COc1ccc(-c2cc[c]nc2)cc1. The van der Waals surface area contributed by atoms with Crippen LogP contribution in [-0.2, 0) is 0 Å². The largest absolute Gasteiger partial charge is 0.497 e. The van der Waals surface area contributed by atoms with Gasteiger partial charge >= 0.3 is 0 Å². The van der Waals surface area contributed by atoms with Gasteiger partial charge < -0.3 is 4.74 Å². The molecule has 2 aromatic rings. The van der Waals surface area contributed by atoms with Crippen molar-refractivity contribution in [3.8, 4) is 16.9 Å². The number of rotatable bonds is 2. The third-order valence-corrected chi connectivity index (χ3v) is 2.04. The molecule has 0 atom stereocenters. The minimum atomic E-state index is 0.865. The van der Waals surface area contributed by atoms with E-state index in [-0.39, 0.29) is 0 Å². The standard InChI is InChI=1S/C12H10NO/c1-14-12-6-4-10(5-7-12)11-3-2-8-13-9-11/h2-7,9H,1H3. The molecule has 0 saturated heterocycles. The van der Waals surface area contributed by atoms with Gasteiger partial charge in [0.15, 0.2) is 0 Å². The van der Waals surface area contributed by atoms with Crippen LogP contribution in [-0.4, -0.2) is 12.1 Å². The summed E-state index contributed by atoms with van der Waals surface area (Å²) in [7, 11) is 1.66. The van der Waals surface area contributed by atoms with Gasteiger partial charge in [-0.15, -0.1) is 0 Å². The molecule has 0 N–H and O–H groups in total. The monoisotopic (exact) mass is 184 g/mol. The summed E-state index contributed by atoms with van der Waals surface area (Å²) in [6.07, 6.45) is 4.54. The number of hydrogen-bond donors (Lipinski definition) is 0. The van der Waals surface area contributed by atoms with Crippen molar-refractivity contribution in [1.82, 2.24) is 4.98 Å². The Balaban J connectivity index is 2.34. The fraction of sp³-hybridized carbons (Fsp3) is 0.0833. The summed E-state index contributed by atoms with van der Waals surface area (Å²) in [5.74, 6) is 0.865. The molecule has 2 heteroatoms. The van der Waals surface area contributed by atoms with Crippen molar-refractivity contribution in [2.24, 2.45) is 0 Å². The molecular weight excluding hydrogens is 174 g/mol. The van der Waals surface area contributed by atoms with Crippen LogP contribution in [0.3, 0.4) is 0 Å². The van der Waals surface area contributed by atoms with Gasteiger partial charge in [-0.25, -0.2) is 0 Å². The first-order chi connectivity index (χ1) is 6.90. The number of ether oxygens (including phenoxy) is 1. The van der Waals surface area contributed by atoms with E-state index in [0.29, 0.717) is 0 Å². The van der Waals surface area contributed by atoms with Crippen molar-refractivity contribution in [2.75, 3.05) is 7.11 Å². The summed E-state index contributed by atoms with van der Waals surface area (Å²) in [6, 6.07) is 11.7. The van der Waals surface area contributed by atoms with E-state index in [9.17, 15) is 0 Å². The second kappa shape index (κ2) is 3.92. The van der Waals surface area contributed by atoms with Crippen LogP contribution in [0.4, 0.5) is 0 Å². The third kappa shape index (κ3) is 1.74. The van der Waals surface area contributed by atoms with E-state index in [2.05, 4.69) is 11.2 Å². The number of pyridine rings is 1. The van der Waals surface area contributed by atoms with Crippen LogP contribution in [0.5, 0.6) is 5.75 Å². The maximum atomic E-state index is 5.08. The minimum absolute atomic E-state index is 0.865. The van der Waals surface area contributed by atoms with E-state index in [0.717, 1.165) is 16.9 Å². The second-order valence-corrected chi connectivity index (χ2v) is 2.90. The molecule has 0 bridgehead atoms. The van der Waals surface area contributed by atoms with Crippen molar-refractivity contribution < 1.29 is 4.74 Å². The number of hydrogen-bond acceptors (Lipinski definition) is 2. The van der Waals surface area contributed by atoms with Crippen molar-refractivity contribution >= 4 is 0 Å². The molecule has 2 nitrogen and oxygen atoms in total. The van der Waals surface area contributed by atoms with Crippen LogP contribution in [0.1, 0.15) is 0 Å². The summed E-state index contributed by atoms with van der Waals surface area (Å²) in [6.45, 7) is 0. The van der Waals surface area contributed by atoms with Crippen LogP contribution in [0.2, 0.25) is 0 Å². The Labute approximate surface area is 83.2 Å². The average molecular weight is 184 g/mol. The third-order valence-electron chi connectivity index (χ3n) is 2.04. The first-order valence-electron chi connectivity index (χ1n) is 4.36. The fourth-order valence-electron chi connectivity index (χ4n) is 1.27. The molecule has 0 spiro atoms. The molecule has 1 aromatic heterocycles. The lowest BCUT2D eigenvalue weighted by atomic mass is 10.1. The Morgan fingerprint density at radius 1 is 1.07 bits per heavy atom. The summed E-state index contributed by atoms with van der Waals surface area (Å²) < 4.78 is 5.08. The molecule has 1 heterocycles. The molecule has 14 heavy (non-hydrogen) atoms. The molecule has 0 saturated carbocycles. The zero-order valence-electron chi connectivity index (χ0n) is 7.90. The number of aromatic nitrogens is 1. The highest BCUT2D eigenvalue weighted by Gasteiger charge is 1.96. The van der Waals surface area contributed by atoms with Crippen molar-refractivity contribution in [3.63, 3.8) is 0 Å². The smallest absolute Gasteiger partial charge is 0.118 e. The molecule has 1 aromatic carbocycles. The van der Waals surface area contributed by atoms with E-state index in [1.54, 1.807) is 19.4 Å². The van der Waals surface area contributed by atoms with E-state index >= 15 is 0 Å². The van der Waals surface area contributed by atoms with Crippen LogP contribution < -0.4 is 4.74 Å². The lowest BCUT2D eigenvalue weighted by molar-refractivity contribution is 0.415. The van der Waals surface area contributed by atoms with Crippen molar-refractivity contribution in [3.05, 3.63) is 48.8 Å². The predicted molar refractivity (Wildman–Crippen MR) is 55.1 cm³/mol. The molecular formula is C12H10NO. The summed E-state index contributed by atoms with van der Waals surface area (Å²) in [5.41, 5.74) is 2.22. The van der Waals surface area contributed by atoms with Crippen LogP contribution >= 0.6 is 0 Å². The minimum Gasteiger partial charge on any atom is -0.497 e. The van der Waals surface area contributed by atoms with Crippen molar-refractivity contribution in [1.29, 1.82) is 0 Å². The summed E-state index contributed by atoms with van der Waals surface area (Å²) >= 11 is 0. The number of benzene rings is 1.